The van der Waals surface area contributed by atoms with Crippen LogP contribution in [0.25, 0.3) is 0 Å². The molecule has 0 aliphatic carbocycles. The van der Waals surface area contributed by atoms with Gasteiger partial charge in [-0.25, -0.2) is 9.97 Å². The van der Waals surface area contributed by atoms with Crippen molar-refractivity contribution >= 4 is 11.9 Å². The Labute approximate surface area is 100 Å². The van der Waals surface area contributed by atoms with Crippen LogP contribution in [0, 0.1) is 6.07 Å². The van der Waals surface area contributed by atoms with E-state index in [0.29, 0.717) is 5.95 Å². The second-order valence-corrected chi connectivity index (χ2v) is 3.95. The molecule has 1 saturated heterocycles. The van der Waals surface area contributed by atoms with Crippen molar-refractivity contribution in [1.82, 2.24) is 14.9 Å². The molecule has 0 unspecified atom stereocenters. The molecule has 6 heteroatoms. The van der Waals surface area contributed by atoms with Gasteiger partial charge in [0.2, 0.25) is 5.95 Å². The number of amides is 1. The smallest absolute Gasteiger partial charge is 0.268 e. The Balaban J connectivity index is 2.08. The molecule has 1 fully saturated rings. The Morgan fingerprint density at radius 1 is 1.47 bits per heavy atom. The molecule has 1 aliphatic rings. The first-order chi connectivity index (χ1) is 8.20. The zero-order chi connectivity index (χ0) is 12.3. The largest absolute Gasteiger partial charge is 0.364 e. The predicted molar refractivity (Wildman–Crippen MR) is 63.7 cm³/mol. The average Bonchev–Trinajstić information content (AvgIpc) is 2.39. The van der Waals surface area contributed by atoms with Crippen molar-refractivity contribution in [2.75, 3.05) is 37.6 Å². The molecule has 0 spiro atoms. The van der Waals surface area contributed by atoms with Gasteiger partial charge in [0.15, 0.2) is 0 Å². The Morgan fingerprint density at radius 2 is 2.18 bits per heavy atom. The number of primary amides is 1. The van der Waals surface area contributed by atoms with E-state index in [0.717, 1.165) is 32.7 Å². The van der Waals surface area contributed by atoms with E-state index in [1.807, 2.05) is 0 Å². The van der Waals surface area contributed by atoms with Crippen LogP contribution in [-0.2, 0) is 0 Å². The first kappa shape index (κ1) is 11.8. The van der Waals surface area contributed by atoms with Crippen molar-refractivity contribution in [3.63, 3.8) is 0 Å². The highest BCUT2D eigenvalue weighted by atomic mass is 16.1. The highest BCUT2D eigenvalue weighted by Crippen LogP contribution is 2.10. The quantitative estimate of drug-likeness (QED) is 0.764. The summed E-state index contributed by atoms with van der Waals surface area (Å²) in [5, 5.41) is 0. The van der Waals surface area contributed by atoms with Gasteiger partial charge in [0.05, 0.1) is 0 Å². The fraction of sp³-hybridized carbons (Fsp3) is 0.545. The highest BCUT2D eigenvalue weighted by molar-refractivity contribution is 5.90. The van der Waals surface area contributed by atoms with Crippen LogP contribution >= 0.6 is 0 Å². The van der Waals surface area contributed by atoms with Crippen LogP contribution in [0.3, 0.4) is 0 Å². The minimum absolute atomic E-state index is 0.146. The number of rotatable bonds is 3. The van der Waals surface area contributed by atoms with Gasteiger partial charge in [-0.05, 0) is 6.54 Å². The molecule has 2 heterocycles. The van der Waals surface area contributed by atoms with Gasteiger partial charge >= 0.3 is 0 Å². The molecule has 1 radical (unpaired) electrons. The third-order valence-electron chi connectivity index (χ3n) is 2.93. The van der Waals surface area contributed by atoms with Gasteiger partial charge in [-0.2, -0.15) is 0 Å². The Kier molecular flexibility index (Phi) is 3.53. The SMILES string of the molecule is CCN1CCN(c2nc[c]c(C(N)=O)n2)CC1. The molecule has 2 rings (SSSR count). The zero-order valence-electron chi connectivity index (χ0n) is 9.89. The summed E-state index contributed by atoms with van der Waals surface area (Å²) in [5.74, 6) is -0.00542. The standard InChI is InChI=1S/C11H16N5O/c1-2-15-5-7-16(8-6-15)11-13-4-3-9(14-11)10(12)17/h4H,2,5-8H2,1H3,(H2,12,17). The summed E-state index contributed by atoms with van der Waals surface area (Å²) in [6.07, 6.45) is 1.45. The molecule has 2 N–H and O–H groups in total. The van der Waals surface area contributed by atoms with Crippen LogP contribution in [0.5, 0.6) is 0 Å². The lowest BCUT2D eigenvalue weighted by Gasteiger charge is -2.33. The molecule has 0 atom stereocenters. The van der Waals surface area contributed by atoms with Crippen molar-refractivity contribution in [1.29, 1.82) is 0 Å². The molecule has 91 valence electrons. The van der Waals surface area contributed by atoms with Crippen LogP contribution in [0.15, 0.2) is 6.20 Å². The fourth-order valence-electron chi connectivity index (χ4n) is 1.85. The van der Waals surface area contributed by atoms with E-state index in [9.17, 15) is 4.79 Å². The van der Waals surface area contributed by atoms with E-state index >= 15 is 0 Å². The molecule has 1 aliphatic heterocycles. The van der Waals surface area contributed by atoms with Crippen molar-refractivity contribution < 1.29 is 4.79 Å². The number of nitrogens with zero attached hydrogens (tertiary/aromatic N) is 4. The van der Waals surface area contributed by atoms with Crippen molar-refractivity contribution in [3.05, 3.63) is 18.0 Å². The summed E-state index contributed by atoms with van der Waals surface area (Å²) in [6.45, 7) is 6.93. The summed E-state index contributed by atoms with van der Waals surface area (Å²) < 4.78 is 0. The van der Waals surface area contributed by atoms with E-state index in [2.05, 4.69) is 32.8 Å². The zero-order valence-corrected chi connectivity index (χ0v) is 9.89. The maximum atomic E-state index is 11.0. The number of nitrogens with two attached hydrogens (primary N) is 1. The van der Waals surface area contributed by atoms with Gasteiger partial charge in [0.1, 0.15) is 5.69 Å². The van der Waals surface area contributed by atoms with E-state index < -0.39 is 5.91 Å². The van der Waals surface area contributed by atoms with Crippen molar-refractivity contribution in [2.24, 2.45) is 5.73 Å². The number of aromatic nitrogens is 2. The average molecular weight is 234 g/mol. The summed E-state index contributed by atoms with van der Waals surface area (Å²) in [5.41, 5.74) is 5.31. The van der Waals surface area contributed by atoms with Crippen molar-refractivity contribution in [3.8, 4) is 0 Å². The molecule has 1 aromatic rings. The maximum absolute atomic E-state index is 11.0. The fourth-order valence-corrected chi connectivity index (χ4v) is 1.85. The Bertz CT molecular complexity index is 401. The van der Waals surface area contributed by atoms with Crippen molar-refractivity contribution in [2.45, 2.75) is 6.92 Å². The molecular weight excluding hydrogens is 218 g/mol. The van der Waals surface area contributed by atoms with E-state index in [4.69, 9.17) is 5.73 Å². The highest BCUT2D eigenvalue weighted by Gasteiger charge is 2.18. The van der Waals surface area contributed by atoms with Gasteiger partial charge in [-0.15, -0.1) is 0 Å². The van der Waals surface area contributed by atoms with Crippen LogP contribution in [-0.4, -0.2) is 53.5 Å². The number of piperazine rings is 1. The molecular formula is C11H16N5O. The summed E-state index contributed by atoms with van der Waals surface area (Å²) in [4.78, 5) is 23.7. The molecule has 17 heavy (non-hydrogen) atoms. The second-order valence-electron chi connectivity index (χ2n) is 3.95. The topological polar surface area (TPSA) is 75.3 Å². The maximum Gasteiger partial charge on any atom is 0.268 e. The van der Waals surface area contributed by atoms with E-state index in [-0.39, 0.29) is 5.69 Å². The summed E-state index contributed by atoms with van der Waals surface area (Å²) in [7, 11) is 0. The summed E-state index contributed by atoms with van der Waals surface area (Å²) >= 11 is 0. The number of carbonyl (C=O) groups is 1. The number of likely N-dealkylation sites (N-methyl/N-ethyl adjacent to an activating group) is 1. The first-order valence-corrected chi connectivity index (χ1v) is 5.72. The minimum Gasteiger partial charge on any atom is -0.364 e. The van der Waals surface area contributed by atoms with Crippen LogP contribution in [0.2, 0.25) is 0 Å². The lowest BCUT2D eigenvalue weighted by atomic mass is 10.3. The van der Waals surface area contributed by atoms with Crippen LogP contribution < -0.4 is 10.6 Å². The van der Waals surface area contributed by atoms with Gasteiger partial charge in [-0.1, -0.05) is 6.92 Å². The van der Waals surface area contributed by atoms with Crippen LogP contribution in [0.1, 0.15) is 17.4 Å². The Morgan fingerprint density at radius 3 is 2.76 bits per heavy atom. The molecule has 1 amide bonds. The molecule has 0 bridgehead atoms. The Hall–Kier alpha value is -1.69. The lowest BCUT2D eigenvalue weighted by molar-refractivity contribution is 0.0995. The first-order valence-electron chi connectivity index (χ1n) is 5.72. The third kappa shape index (κ3) is 2.71. The third-order valence-corrected chi connectivity index (χ3v) is 2.93. The van der Waals surface area contributed by atoms with E-state index in [1.54, 1.807) is 0 Å². The predicted octanol–water partition coefficient (Wildman–Crippen LogP) is -0.482. The number of carbonyl (C=O) groups excluding carboxylic acids is 1. The molecule has 1 aromatic heterocycles. The lowest BCUT2D eigenvalue weighted by Crippen LogP contribution is -2.46. The normalized spacial score (nSPS) is 17.1. The van der Waals surface area contributed by atoms with E-state index in [1.165, 1.54) is 6.20 Å². The van der Waals surface area contributed by atoms with Gasteiger partial charge in [0.25, 0.3) is 5.91 Å². The van der Waals surface area contributed by atoms with Gasteiger partial charge in [0, 0.05) is 38.4 Å². The molecule has 6 nitrogen and oxygen atoms in total. The molecule has 0 saturated carbocycles. The summed E-state index contributed by atoms with van der Waals surface area (Å²) in [6, 6.07) is 2.63. The number of hydrogen-bond acceptors (Lipinski definition) is 5. The van der Waals surface area contributed by atoms with Crippen LogP contribution in [0.4, 0.5) is 5.95 Å². The van der Waals surface area contributed by atoms with Gasteiger partial charge in [-0.3, -0.25) is 4.79 Å². The number of hydrogen-bond donors (Lipinski definition) is 1. The van der Waals surface area contributed by atoms with Gasteiger partial charge < -0.3 is 15.5 Å². The second kappa shape index (κ2) is 5.09. The monoisotopic (exact) mass is 234 g/mol. The number of anilines is 1. The molecule has 0 aromatic carbocycles. The minimum atomic E-state index is -0.569.